The van der Waals surface area contributed by atoms with Crippen molar-refractivity contribution in [1.82, 2.24) is 35.1 Å². The number of carbonyl (C=O) groups is 4. The summed E-state index contributed by atoms with van der Waals surface area (Å²) in [5.74, 6) is -0.125. The number of hydrogen-bond acceptors (Lipinski definition) is 9. The Morgan fingerprint density at radius 1 is 0.961 bits per heavy atom. The molecule has 7 rings (SSSR count). The van der Waals surface area contributed by atoms with E-state index in [0.29, 0.717) is 73.0 Å². The van der Waals surface area contributed by atoms with Gasteiger partial charge in [0.25, 0.3) is 11.8 Å². The molecule has 2 aliphatic rings. The molecule has 5 heterocycles. The smallest absolute Gasteiger partial charge is 0.290 e. The Kier molecular flexibility index (Phi) is 9.55. The molecule has 0 aliphatic carbocycles. The Morgan fingerprint density at radius 2 is 1.78 bits per heavy atom. The average molecular weight is 694 g/mol. The summed E-state index contributed by atoms with van der Waals surface area (Å²) >= 11 is 0. The lowest BCUT2D eigenvalue weighted by Gasteiger charge is -2.36. The van der Waals surface area contributed by atoms with Gasteiger partial charge in [-0.1, -0.05) is 42.4 Å². The number of aryl methyl sites for hydroxylation is 2. The highest BCUT2D eigenvalue weighted by Gasteiger charge is 2.38. The number of carbonyl (C=O) groups excluding carboxylic acids is 4. The van der Waals surface area contributed by atoms with Crippen molar-refractivity contribution in [2.45, 2.75) is 45.7 Å². The Balaban J connectivity index is 1.16. The van der Waals surface area contributed by atoms with Crippen molar-refractivity contribution in [2.75, 3.05) is 39.3 Å². The number of nitrogens with one attached hydrogen (secondary N) is 2. The second kappa shape index (κ2) is 14.5. The van der Waals surface area contributed by atoms with Gasteiger partial charge in [-0.25, -0.2) is 4.98 Å². The van der Waals surface area contributed by atoms with Crippen LogP contribution in [-0.2, 0) is 29.0 Å². The van der Waals surface area contributed by atoms with E-state index in [1.165, 1.54) is 4.90 Å². The zero-order chi connectivity index (χ0) is 35.5. The first-order valence-electron chi connectivity index (χ1n) is 17.1. The van der Waals surface area contributed by atoms with Gasteiger partial charge in [0.1, 0.15) is 41.8 Å². The van der Waals surface area contributed by atoms with Gasteiger partial charge in [0.15, 0.2) is 5.76 Å². The maximum Gasteiger partial charge on any atom is 0.290 e. The maximum atomic E-state index is 14.2. The van der Waals surface area contributed by atoms with Gasteiger partial charge in [-0.05, 0) is 49.6 Å². The molecule has 0 radical (unpaired) electrons. The lowest BCUT2D eigenvalue weighted by atomic mass is 9.94. The monoisotopic (exact) mass is 693 g/mol. The van der Waals surface area contributed by atoms with E-state index in [0.717, 1.165) is 16.6 Å². The fourth-order valence-corrected chi connectivity index (χ4v) is 6.73. The number of imidazole rings is 1. The van der Waals surface area contributed by atoms with E-state index < -0.39 is 11.9 Å². The zero-order valence-corrected chi connectivity index (χ0v) is 28.5. The van der Waals surface area contributed by atoms with Crippen molar-refractivity contribution in [3.8, 4) is 5.75 Å². The van der Waals surface area contributed by atoms with Crippen LogP contribution in [0.5, 0.6) is 5.75 Å². The molecule has 264 valence electrons. The molecule has 14 heteroatoms. The number of rotatable bonds is 3. The quantitative estimate of drug-likeness (QED) is 0.288. The molecule has 3 aromatic heterocycles. The molecule has 2 aromatic carbocycles. The highest BCUT2D eigenvalue weighted by atomic mass is 16.5. The second-order valence-electron chi connectivity index (χ2n) is 12.6. The Bertz CT molecular complexity index is 2060. The van der Waals surface area contributed by atoms with Crippen molar-refractivity contribution < 1.29 is 32.9 Å². The third-order valence-electron chi connectivity index (χ3n) is 9.24. The van der Waals surface area contributed by atoms with Crippen LogP contribution in [-0.4, -0.2) is 87.5 Å². The van der Waals surface area contributed by atoms with Gasteiger partial charge in [-0.2, -0.15) is 0 Å². The first-order valence-corrected chi connectivity index (χ1v) is 17.1. The number of fused-ring (bicyclic) bond motifs is 4. The molecule has 0 saturated heterocycles. The largest absolute Gasteiger partial charge is 0.494 e. The molecule has 1 atom stereocenters. The average Bonchev–Trinajstić information content (AvgIpc) is 3.86. The SMILES string of the molecule is CCc1noc(C)c1C(=O)N1CCc2c3ncn2CC(=O)NCCN(C(=O)c2cc4ccccc4o2)CC(=O)NCCCOc2cccc(c2)C31. The lowest BCUT2D eigenvalue weighted by Crippen LogP contribution is -2.45. The molecule has 5 aromatic rings. The van der Waals surface area contributed by atoms with Crippen LogP contribution in [0.1, 0.15) is 68.7 Å². The highest BCUT2D eigenvalue weighted by molar-refractivity contribution is 5.98. The van der Waals surface area contributed by atoms with E-state index in [-0.39, 0.29) is 49.7 Å². The van der Waals surface area contributed by atoms with Crippen LogP contribution in [0, 0.1) is 6.92 Å². The first kappa shape index (κ1) is 33.6. The number of hydrogen-bond donors (Lipinski definition) is 2. The number of aromatic nitrogens is 3. The molecule has 14 nitrogen and oxygen atoms in total. The Labute approximate surface area is 293 Å². The van der Waals surface area contributed by atoms with Crippen LogP contribution in [0.15, 0.2) is 69.9 Å². The summed E-state index contributed by atoms with van der Waals surface area (Å²) in [6.45, 7) is 4.65. The number of ether oxygens (including phenoxy) is 1. The molecule has 2 aliphatic heterocycles. The number of amides is 4. The van der Waals surface area contributed by atoms with E-state index in [1.54, 1.807) is 34.9 Å². The zero-order valence-electron chi connectivity index (χ0n) is 28.5. The fourth-order valence-electron chi connectivity index (χ4n) is 6.73. The predicted molar refractivity (Wildman–Crippen MR) is 184 cm³/mol. The summed E-state index contributed by atoms with van der Waals surface area (Å²) in [6.07, 6.45) is 3.15. The number of furan rings is 1. The van der Waals surface area contributed by atoms with Crippen LogP contribution < -0.4 is 15.4 Å². The fraction of sp³-hybridized carbons (Fsp3) is 0.351. The number of benzene rings is 2. The van der Waals surface area contributed by atoms with Crippen LogP contribution in [0.2, 0.25) is 0 Å². The van der Waals surface area contributed by atoms with E-state index in [2.05, 4.69) is 15.8 Å². The minimum Gasteiger partial charge on any atom is -0.494 e. The Morgan fingerprint density at radius 3 is 2.63 bits per heavy atom. The standard InChI is InChI=1S/C37H39N7O7/c1-3-27-33(23(2)51-41-27)37(48)44-15-12-28-34-35(44)25-9-6-10-26(18-25)49-17-7-13-38-31(45)20-42(16-14-39-32(46)21-43(28)22-40-34)36(47)30-19-24-8-4-5-11-29(24)50-30/h4-6,8-11,18-19,22,35H,3,7,12-17,20-21H2,1-2H3,(H,38,45)(H,39,46). The number of para-hydroxylation sites is 1. The molecule has 1 unspecified atom stereocenters. The minimum absolute atomic E-state index is 0.0190. The van der Waals surface area contributed by atoms with E-state index in [9.17, 15) is 19.2 Å². The van der Waals surface area contributed by atoms with Crippen LogP contribution in [0.4, 0.5) is 0 Å². The van der Waals surface area contributed by atoms with Gasteiger partial charge in [0.2, 0.25) is 11.8 Å². The van der Waals surface area contributed by atoms with Crippen molar-refractivity contribution in [1.29, 1.82) is 0 Å². The third kappa shape index (κ3) is 6.94. The maximum absolute atomic E-state index is 14.2. The molecule has 0 spiro atoms. The van der Waals surface area contributed by atoms with Gasteiger partial charge in [-0.15, -0.1) is 0 Å². The second-order valence-corrected chi connectivity index (χ2v) is 12.6. The molecular weight excluding hydrogens is 654 g/mol. The summed E-state index contributed by atoms with van der Waals surface area (Å²) < 4.78 is 19.1. The van der Waals surface area contributed by atoms with E-state index in [4.69, 9.17) is 18.7 Å². The van der Waals surface area contributed by atoms with Crippen molar-refractivity contribution in [2.24, 2.45) is 0 Å². The Hall–Kier alpha value is -5.92. The molecule has 0 saturated carbocycles. The van der Waals surface area contributed by atoms with E-state index >= 15 is 0 Å². The van der Waals surface area contributed by atoms with Crippen LogP contribution in [0.3, 0.4) is 0 Å². The summed E-state index contributed by atoms with van der Waals surface area (Å²) in [7, 11) is 0. The van der Waals surface area contributed by atoms with Crippen LogP contribution >= 0.6 is 0 Å². The van der Waals surface area contributed by atoms with Crippen LogP contribution in [0.25, 0.3) is 11.0 Å². The van der Waals surface area contributed by atoms with Gasteiger partial charge in [0, 0.05) is 43.7 Å². The van der Waals surface area contributed by atoms with E-state index in [1.807, 2.05) is 49.4 Å². The number of nitrogens with zero attached hydrogens (tertiary/aromatic N) is 5. The minimum atomic E-state index is -0.559. The van der Waals surface area contributed by atoms with Crippen molar-refractivity contribution in [3.05, 3.63) is 101 Å². The summed E-state index contributed by atoms with van der Waals surface area (Å²) in [5.41, 5.74) is 3.94. The van der Waals surface area contributed by atoms with Gasteiger partial charge in [0.05, 0.1) is 24.3 Å². The molecular formula is C37H39N7O7. The molecule has 6 bridgehead atoms. The first-order chi connectivity index (χ1) is 24.8. The topological polar surface area (TPSA) is 165 Å². The molecule has 2 N–H and O–H groups in total. The molecule has 0 fully saturated rings. The molecule has 51 heavy (non-hydrogen) atoms. The lowest BCUT2D eigenvalue weighted by molar-refractivity contribution is -0.121. The van der Waals surface area contributed by atoms with Gasteiger partial charge < -0.3 is 38.7 Å². The van der Waals surface area contributed by atoms with Gasteiger partial charge >= 0.3 is 0 Å². The normalized spacial score (nSPS) is 17.4. The summed E-state index contributed by atoms with van der Waals surface area (Å²) in [5, 5.41) is 10.6. The summed E-state index contributed by atoms with van der Waals surface area (Å²) in [6, 6.07) is 15.9. The van der Waals surface area contributed by atoms with Gasteiger partial charge in [-0.3, -0.25) is 19.2 Å². The summed E-state index contributed by atoms with van der Waals surface area (Å²) in [4.78, 5) is 61.9. The van der Waals surface area contributed by atoms with Crippen molar-refractivity contribution in [3.63, 3.8) is 0 Å². The van der Waals surface area contributed by atoms with Crippen molar-refractivity contribution >= 4 is 34.6 Å². The molecule has 4 amide bonds. The predicted octanol–water partition coefficient (Wildman–Crippen LogP) is 3.43. The highest BCUT2D eigenvalue weighted by Crippen LogP contribution is 2.37. The third-order valence-corrected chi connectivity index (χ3v) is 9.24.